The summed E-state index contributed by atoms with van der Waals surface area (Å²) >= 11 is 1.41. The number of likely N-dealkylation sites (tertiary alicyclic amines) is 1. The van der Waals surface area contributed by atoms with Crippen molar-refractivity contribution in [3.05, 3.63) is 23.6 Å². The zero-order chi connectivity index (χ0) is 16.9. The quantitative estimate of drug-likeness (QED) is 0.870. The second-order valence-corrected chi connectivity index (χ2v) is 6.49. The van der Waals surface area contributed by atoms with E-state index in [2.05, 4.69) is 15.2 Å². The Balaban J connectivity index is 1.72. The number of nitrogens with one attached hydrogen (secondary N) is 1. The predicted octanol–water partition coefficient (Wildman–Crippen LogP) is 2.86. The van der Waals surface area contributed by atoms with Crippen molar-refractivity contribution in [2.45, 2.75) is 12.8 Å². The molecule has 2 aromatic rings. The molecule has 0 bridgehead atoms. The number of thiazole rings is 1. The number of hydrogen-bond donors (Lipinski definition) is 1. The Labute approximate surface area is 145 Å². The van der Waals surface area contributed by atoms with Gasteiger partial charge in [-0.25, -0.2) is 4.98 Å². The first-order chi connectivity index (χ1) is 11.7. The highest BCUT2D eigenvalue weighted by Gasteiger charge is 2.17. The van der Waals surface area contributed by atoms with Crippen LogP contribution in [0.2, 0.25) is 0 Å². The first-order valence-corrected chi connectivity index (χ1v) is 8.77. The van der Waals surface area contributed by atoms with Crippen LogP contribution in [0.15, 0.2) is 23.6 Å². The number of aromatic nitrogens is 1. The van der Waals surface area contributed by atoms with Gasteiger partial charge >= 0.3 is 0 Å². The Hall–Kier alpha value is -2.12. The van der Waals surface area contributed by atoms with Crippen molar-refractivity contribution in [1.82, 2.24) is 9.88 Å². The lowest BCUT2D eigenvalue weighted by molar-refractivity contribution is -0.117. The summed E-state index contributed by atoms with van der Waals surface area (Å²) in [6, 6.07) is 5.57. The van der Waals surface area contributed by atoms with Gasteiger partial charge in [-0.3, -0.25) is 9.69 Å². The van der Waals surface area contributed by atoms with Crippen LogP contribution >= 0.6 is 11.3 Å². The third-order valence-corrected chi connectivity index (χ3v) is 4.76. The fraction of sp³-hybridized carbons (Fsp3) is 0.412. The maximum Gasteiger partial charge on any atom is 0.240 e. The zero-order valence-electron chi connectivity index (χ0n) is 13.9. The number of hydrogen-bond acceptors (Lipinski definition) is 6. The summed E-state index contributed by atoms with van der Waals surface area (Å²) in [4.78, 5) is 18.8. The van der Waals surface area contributed by atoms with Gasteiger partial charge in [0.1, 0.15) is 11.5 Å². The molecule has 1 aromatic heterocycles. The molecule has 0 spiro atoms. The van der Waals surface area contributed by atoms with Crippen LogP contribution in [0, 0.1) is 0 Å². The lowest BCUT2D eigenvalue weighted by atomic mass is 10.1. The highest BCUT2D eigenvalue weighted by Crippen LogP contribution is 2.34. The largest absolute Gasteiger partial charge is 0.497 e. The van der Waals surface area contributed by atoms with Crippen molar-refractivity contribution in [3.63, 3.8) is 0 Å². The summed E-state index contributed by atoms with van der Waals surface area (Å²) < 4.78 is 10.7. The summed E-state index contributed by atoms with van der Waals surface area (Å²) in [5.41, 5.74) is 1.60. The highest BCUT2D eigenvalue weighted by atomic mass is 32.1. The van der Waals surface area contributed by atoms with E-state index >= 15 is 0 Å². The molecule has 0 radical (unpaired) electrons. The molecule has 1 fully saturated rings. The molecule has 1 saturated heterocycles. The van der Waals surface area contributed by atoms with E-state index in [4.69, 9.17) is 9.47 Å². The lowest BCUT2D eigenvalue weighted by Gasteiger charge is -2.12. The number of benzene rings is 1. The van der Waals surface area contributed by atoms with Crippen LogP contribution in [0.3, 0.4) is 0 Å². The van der Waals surface area contributed by atoms with Crippen LogP contribution < -0.4 is 14.8 Å². The molecule has 24 heavy (non-hydrogen) atoms. The molecule has 2 heterocycles. The first kappa shape index (κ1) is 16.7. The normalized spacial score (nSPS) is 14.6. The third kappa shape index (κ3) is 3.85. The molecule has 1 N–H and O–H groups in total. The topological polar surface area (TPSA) is 63.7 Å². The predicted molar refractivity (Wildman–Crippen MR) is 95.0 cm³/mol. The number of anilines is 1. The Kier molecular flexibility index (Phi) is 5.32. The summed E-state index contributed by atoms with van der Waals surface area (Å²) in [5.74, 6) is 1.44. The third-order valence-electron chi connectivity index (χ3n) is 4.00. The van der Waals surface area contributed by atoms with Gasteiger partial charge in [-0.1, -0.05) is 0 Å². The molecule has 128 valence electrons. The van der Waals surface area contributed by atoms with Crippen molar-refractivity contribution in [2.75, 3.05) is 39.2 Å². The van der Waals surface area contributed by atoms with Crippen molar-refractivity contribution in [3.8, 4) is 22.8 Å². The molecular weight excluding hydrogens is 326 g/mol. The Bertz CT molecular complexity index is 711. The molecule has 1 aliphatic heterocycles. The van der Waals surface area contributed by atoms with E-state index in [1.165, 1.54) is 24.2 Å². The fourth-order valence-corrected chi connectivity index (χ4v) is 3.50. The van der Waals surface area contributed by atoms with Crippen molar-refractivity contribution in [2.24, 2.45) is 0 Å². The van der Waals surface area contributed by atoms with Gasteiger partial charge in [0.2, 0.25) is 5.91 Å². The van der Waals surface area contributed by atoms with Crippen molar-refractivity contribution < 1.29 is 14.3 Å². The van der Waals surface area contributed by atoms with Gasteiger partial charge in [-0.2, -0.15) is 0 Å². The van der Waals surface area contributed by atoms with E-state index in [1.54, 1.807) is 14.2 Å². The molecule has 1 aromatic carbocycles. The van der Waals surface area contributed by atoms with Gasteiger partial charge in [0, 0.05) is 10.9 Å². The number of nitrogens with zero attached hydrogens (tertiary/aromatic N) is 2. The van der Waals surface area contributed by atoms with E-state index < -0.39 is 0 Å². The average molecular weight is 347 g/mol. The van der Waals surface area contributed by atoms with Gasteiger partial charge < -0.3 is 14.8 Å². The number of methoxy groups -OCH3 is 2. The molecular formula is C17H21N3O3S. The minimum atomic E-state index is -0.0181. The Morgan fingerprint density at radius 1 is 1.29 bits per heavy atom. The van der Waals surface area contributed by atoms with Gasteiger partial charge in [0.05, 0.1) is 26.5 Å². The summed E-state index contributed by atoms with van der Waals surface area (Å²) in [6.45, 7) is 2.42. The lowest BCUT2D eigenvalue weighted by Crippen LogP contribution is -2.30. The minimum Gasteiger partial charge on any atom is -0.497 e. The minimum absolute atomic E-state index is 0.0181. The van der Waals surface area contributed by atoms with Gasteiger partial charge in [-0.15, -0.1) is 11.3 Å². The first-order valence-electron chi connectivity index (χ1n) is 7.89. The molecule has 6 nitrogen and oxygen atoms in total. The number of carbonyl (C=O) groups is 1. The van der Waals surface area contributed by atoms with Crippen LogP contribution in [0.5, 0.6) is 11.5 Å². The zero-order valence-corrected chi connectivity index (χ0v) is 14.7. The van der Waals surface area contributed by atoms with Crippen LogP contribution in [0.1, 0.15) is 12.8 Å². The van der Waals surface area contributed by atoms with Crippen molar-refractivity contribution in [1.29, 1.82) is 0 Å². The molecule has 7 heteroatoms. The molecule has 3 rings (SSSR count). The maximum atomic E-state index is 12.1. The molecule has 1 aliphatic rings. The van der Waals surface area contributed by atoms with E-state index in [9.17, 15) is 4.79 Å². The highest BCUT2D eigenvalue weighted by molar-refractivity contribution is 7.14. The van der Waals surface area contributed by atoms with Crippen LogP contribution in [-0.4, -0.2) is 49.6 Å². The Morgan fingerprint density at radius 2 is 2.08 bits per heavy atom. The molecule has 0 saturated carbocycles. The number of rotatable bonds is 6. The molecule has 1 amide bonds. The average Bonchev–Trinajstić information content (AvgIpc) is 3.26. The maximum absolute atomic E-state index is 12.1. The summed E-state index contributed by atoms with van der Waals surface area (Å²) in [6.07, 6.45) is 2.34. The smallest absolute Gasteiger partial charge is 0.240 e. The van der Waals surface area contributed by atoms with Crippen molar-refractivity contribution >= 4 is 22.4 Å². The second kappa shape index (κ2) is 7.63. The van der Waals surface area contributed by atoms with Gasteiger partial charge in [0.25, 0.3) is 0 Å². The summed E-state index contributed by atoms with van der Waals surface area (Å²) in [5, 5.41) is 5.38. The monoisotopic (exact) mass is 347 g/mol. The van der Waals surface area contributed by atoms with Crippen LogP contribution in [-0.2, 0) is 4.79 Å². The van der Waals surface area contributed by atoms with E-state index in [0.29, 0.717) is 11.7 Å². The van der Waals surface area contributed by atoms with Gasteiger partial charge in [0.15, 0.2) is 5.13 Å². The van der Waals surface area contributed by atoms with Crippen LogP contribution in [0.25, 0.3) is 11.3 Å². The van der Waals surface area contributed by atoms with E-state index in [1.807, 2.05) is 23.6 Å². The number of ether oxygens (including phenoxy) is 2. The standard InChI is InChI=1S/C17H21N3O3S/c1-22-12-5-6-15(23-2)13(9-12)14-11-24-17(18-14)19-16(21)10-20-7-3-4-8-20/h5-6,9,11H,3-4,7-8,10H2,1-2H3,(H,18,19,21). The molecule has 0 aliphatic carbocycles. The SMILES string of the molecule is COc1ccc(OC)c(-c2csc(NC(=O)CN3CCCC3)n2)c1. The number of amides is 1. The van der Waals surface area contributed by atoms with E-state index in [-0.39, 0.29) is 5.91 Å². The van der Waals surface area contributed by atoms with Crippen LogP contribution in [0.4, 0.5) is 5.13 Å². The summed E-state index contributed by atoms with van der Waals surface area (Å²) in [7, 11) is 3.24. The van der Waals surface area contributed by atoms with E-state index in [0.717, 1.165) is 35.8 Å². The fourth-order valence-electron chi connectivity index (χ4n) is 2.77. The number of carbonyl (C=O) groups excluding carboxylic acids is 1. The second-order valence-electron chi connectivity index (χ2n) is 5.64. The molecule has 0 atom stereocenters. The molecule has 0 unspecified atom stereocenters. The Morgan fingerprint density at radius 3 is 2.79 bits per heavy atom. The van der Waals surface area contributed by atoms with Gasteiger partial charge in [-0.05, 0) is 44.1 Å².